The Morgan fingerprint density at radius 2 is 1.44 bits per heavy atom. The summed E-state index contributed by atoms with van der Waals surface area (Å²) < 4.78 is 15.7. The first-order valence-corrected chi connectivity index (χ1v) is 8.39. The number of rotatable bonds is 8. The third-order valence-electron chi connectivity index (χ3n) is 4.12. The Balaban J connectivity index is 2.23. The molecule has 2 aromatic rings. The number of esters is 1. The molecule has 0 saturated carbocycles. The number of carbonyl (C=O) groups is 1. The van der Waals surface area contributed by atoms with E-state index in [1.54, 1.807) is 25.3 Å². The Morgan fingerprint density at radius 3 is 2.00 bits per heavy atom. The molecule has 0 spiro atoms. The first kappa shape index (κ1) is 20.5. The maximum Gasteiger partial charge on any atom is 0.321 e. The van der Waals surface area contributed by atoms with Gasteiger partial charge in [0, 0.05) is 6.07 Å². The predicted octanol–water partition coefficient (Wildman–Crippen LogP) is 2.77. The topological polar surface area (TPSA) is 85.2 Å². The molecular weight excluding hydrogens is 348 g/mol. The van der Waals surface area contributed by atoms with Crippen LogP contribution in [0.2, 0.25) is 0 Å². The number of aliphatic hydroxyl groups is 2. The van der Waals surface area contributed by atoms with Crippen molar-refractivity contribution in [3.63, 3.8) is 0 Å². The molecule has 0 saturated heterocycles. The standard InChI is InChI=1S/C21H24O6/c1-21(13-22,14-23)20(24)27-19-11-16(10-18(12-19)26-3)5-4-15-6-8-17(25-2)9-7-15/h4-12,22-23H,13-14H2,1-3H3. The predicted molar refractivity (Wildman–Crippen MR) is 103 cm³/mol. The van der Waals surface area contributed by atoms with Crippen LogP contribution in [-0.2, 0) is 4.79 Å². The minimum atomic E-state index is -1.37. The van der Waals surface area contributed by atoms with Crippen LogP contribution in [0, 0.1) is 5.41 Å². The summed E-state index contributed by atoms with van der Waals surface area (Å²) in [6, 6.07) is 12.6. The van der Waals surface area contributed by atoms with E-state index >= 15 is 0 Å². The fourth-order valence-corrected chi connectivity index (χ4v) is 2.18. The number of benzene rings is 2. The molecule has 0 aromatic heterocycles. The number of methoxy groups -OCH3 is 2. The molecule has 0 radical (unpaired) electrons. The molecule has 0 aliphatic heterocycles. The van der Waals surface area contributed by atoms with Crippen LogP contribution in [0.4, 0.5) is 0 Å². The van der Waals surface area contributed by atoms with Crippen molar-refractivity contribution in [1.82, 2.24) is 0 Å². The molecule has 2 aromatic carbocycles. The quantitative estimate of drug-likeness (QED) is 0.421. The summed E-state index contributed by atoms with van der Waals surface area (Å²) in [5.41, 5.74) is 0.371. The average molecular weight is 372 g/mol. The Labute approximate surface area is 158 Å². The molecule has 0 aliphatic carbocycles. The summed E-state index contributed by atoms with van der Waals surface area (Å²) in [6.07, 6.45) is 3.77. The Kier molecular flexibility index (Phi) is 6.98. The maximum absolute atomic E-state index is 12.2. The lowest BCUT2D eigenvalue weighted by atomic mass is 9.93. The highest BCUT2D eigenvalue weighted by Gasteiger charge is 2.34. The van der Waals surface area contributed by atoms with Crippen LogP contribution < -0.4 is 14.2 Å². The van der Waals surface area contributed by atoms with Crippen LogP contribution in [0.1, 0.15) is 18.1 Å². The van der Waals surface area contributed by atoms with E-state index in [9.17, 15) is 15.0 Å². The van der Waals surface area contributed by atoms with Crippen LogP contribution >= 0.6 is 0 Å². The Morgan fingerprint density at radius 1 is 0.889 bits per heavy atom. The maximum atomic E-state index is 12.2. The Bertz CT molecular complexity index is 791. The van der Waals surface area contributed by atoms with Crippen LogP contribution in [0.3, 0.4) is 0 Å². The van der Waals surface area contributed by atoms with Crippen LogP contribution in [0.5, 0.6) is 17.2 Å². The largest absolute Gasteiger partial charge is 0.497 e. The van der Waals surface area contributed by atoms with E-state index in [1.807, 2.05) is 36.4 Å². The van der Waals surface area contributed by atoms with Gasteiger partial charge < -0.3 is 24.4 Å². The zero-order chi connectivity index (χ0) is 19.9. The van der Waals surface area contributed by atoms with Gasteiger partial charge in [0.25, 0.3) is 0 Å². The normalized spacial score (nSPS) is 11.4. The number of hydrogen-bond donors (Lipinski definition) is 2. The first-order valence-electron chi connectivity index (χ1n) is 8.39. The monoisotopic (exact) mass is 372 g/mol. The molecule has 0 bridgehead atoms. The number of aliphatic hydroxyl groups excluding tert-OH is 2. The van der Waals surface area contributed by atoms with Crippen molar-refractivity contribution in [2.45, 2.75) is 6.92 Å². The molecule has 0 unspecified atom stereocenters. The van der Waals surface area contributed by atoms with Crippen LogP contribution in [0.25, 0.3) is 12.2 Å². The van der Waals surface area contributed by atoms with Crippen molar-refractivity contribution in [2.24, 2.45) is 5.41 Å². The molecule has 2 rings (SSSR count). The van der Waals surface area contributed by atoms with E-state index in [1.165, 1.54) is 14.0 Å². The van der Waals surface area contributed by atoms with Crippen LogP contribution in [0.15, 0.2) is 42.5 Å². The van der Waals surface area contributed by atoms with E-state index in [2.05, 4.69) is 0 Å². The van der Waals surface area contributed by atoms with E-state index < -0.39 is 24.6 Å². The summed E-state index contributed by atoms with van der Waals surface area (Å²) in [6.45, 7) is 0.396. The van der Waals surface area contributed by atoms with Gasteiger partial charge in [0.05, 0.1) is 27.4 Å². The van der Waals surface area contributed by atoms with E-state index in [0.29, 0.717) is 5.75 Å². The molecule has 0 atom stereocenters. The lowest BCUT2D eigenvalue weighted by molar-refractivity contribution is -0.149. The first-order chi connectivity index (χ1) is 12.9. The highest BCUT2D eigenvalue weighted by atomic mass is 16.5. The smallest absolute Gasteiger partial charge is 0.321 e. The van der Waals surface area contributed by atoms with Gasteiger partial charge in [0.15, 0.2) is 0 Å². The van der Waals surface area contributed by atoms with Crippen molar-refractivity contribution in [1.29, 1.82) is 0 Å². The van der Waals surface area contributed by atoms with Crippen molar-refractivity contribution < 1.29 is 29.2 Å². The average Bonchev–Trinajstić information content (AvgIpc) is 2.71. The van der Waals surface area contributed by atoms with Gasteiger partial charge in [-0.15, -0.1) is 0 Å². The van der Waals surface area contributed by atoms with Gasteiger partial charge in [-0.3, -0.25) is 4.79 Å². The highest BCUT2D eigenvalue weighted by molar-refractivity contribution is 5.80. The van der Waals surface area contributed by atoms with Crippen molar-refractivity contribution in [3.05, 3.63) is 53.6 Å². The van der Waals surface area contributed by atoms with E-state index in [0.717, 1.165) is 16.9 Å². The van der Waals surface area contributed by atoms with E-state index in [4.69, 9.17) is 14.2 Å². The lowest BCUT2D eigenvalue weighted by Crippen LogP contribution is -2.38. The zero-order valence-corrected chi connectivity index (χ0v) is 15.6. The second-order valence-corrected chi connectivity index (χ2v) is 6.31. The van der Waals surface area contributed by atoms with E-state index in [-0.39, 0.29) is 5.75 Å². The third-order valence-corrected chi connectivity index (χ3v) is 4.12. The number of ether oxygens (including phenoxy) is 3. The number of carbonyl (C=O) groups excluding carboxylic acids is 1. The van der Waals surface area contributed by atoms with Crippen LogP contribution in [-0.4, -0.2) is 43.6 Å². The summed E-state index contributed by atoms with van der Waals surface area (Å²) in [4.78, 5) is 12.2. The SMILES string of the molecule is COc1ccc(C=Cc2cc(OC)cc(OC(=O)C(C)(CO)CO)c2)cc1. The second-order valence-electron chi connectivity index (χ2n) is 6.31. The van der Waals surface area contributed by atoms with Gasteiger partial charge >= 0.3 is 5.97 Å². The summed E-state index contributed by atoms with van der Waals surface area (Å²) in [5, 5.41) is 18.7. The van der Waals surface area contributed by atoms with Crippen molar-refractivity contribution in [3.8, 4) is 17.2 Å². The van der Waals surface area contributed by atoms with Crippen molar-refractivity contribution >= 4 is 18.1 Å². The molecule has 0 amide bonds. The van der Waals surface area contributed by atoms with Gasteiger partial charge in [-0.25, -0.2) is 0 Å². The molecule has 6 heteroatoms. The van der Waals surface area contributed by atoms with Gasteiger partial charge in [-0.05, 0) is 42.3 Å². The molecule has 27 heavy (non-hydrogen) atoms. The summed E-state index contributed by atoms with van der Waals surface area (Å²) in [7, 11) is 3.13. The number of hydrogen-bond acceptors (Lipinski definition) is 6. The Hall–Kier alpha value is -2.83. The minimum Gasteiger partial charge on any atom is -0.497 e. The fraction of sp³-hybridized carbons (Fsp3) is 0.286. The zero-order valence-electron chi connectivity index (χ0n) is 15.6. The molecular formula is C21H24O6. The van der Waals surface area contributed by atoms with Gasteiger partial charge in [-0.1, -0.05) is 24.3 Å². The molecule has 0 aliphatic rings. The molecule has 0 fully saturated rings. The fourth-order valence-electron chi connectivity index (χ4n) is 2.18. The van der Waals surface area contributed by atoms with Gasteiger partial charge in [0.1, 0.15) is 22.7 Å². The van der Waals surface area contributed by atoms with Crippen molar-refractivity contribution in [2.75, 3.05) is 27.4 Å². The molecule has 144 valence electrons. The summed E-state index contributed by atoms with van der Waals surface area (Å²) >= 11 is 0. The van der Waals surface area contributed by atoms with Gasteiger partial charge in [-0.2, -0.15) is 0 Å². The highest BCUT2D eigenvalue weighted by Crippen LogP contribution is 2.27. The molecule has 2 N–H and O–H groups in total. The third kappa shape index (κ3) is 5.32. The minimum absolute atomic E-state index is 0.266. The molecule has 0 heterocycles. The lowest BCUT2D eigenvalue weighted by Gasteiger charge is -2.22. The second kappa shape index (κ2) is 9.21. The van der Waals surface area contributed by atoms with Gasteiger partial charge in [0.2, 0.25) is 0 Å². The molecule has 6 nitrogen and oxygen atoms in total. The summed E-state index contributed by atoms with van der Waals surface area (Å²) in [5.74, 6) is 0.843.